The number of hydrogen-bond acceptors (Lipinski definition) is 1. The van der Waals surface area contributed by atoms with E-state index in [9.17, 15) is 0 Å². The standard InChI is InChI=1S/C6H13ClO/c1-3-6(8-2)4-5-7/h6H,3-5H2,1-2H3/t6-/m1/s1. The highest BCUT2D eigenvalue weighted by Gasteiger charge is 2.00. The molecule has 0 aromatic heterocycles. The van der Waals surface area contributed by atoms with E-state index in [1.807, 2.05) is 0 Å². The molecule has 0 N–H and O–H groups in total. The molecule has 0 heterocycles. The van der Waals surface area contributed by atoms with Crippen molar-refractivity contribution in [1.29, 1.82) is 0 Å². The lowest BCUT2D eigenvalue weighted by molar-refractivity contribution is 0.0971. The Bertz CT molecular complexity index is 43.8. The minimum atomic E-state index is 0.368. The van der Waals surface area contributed by atoms with Crippen LogP contribution in [0.1, 0.15) is 19.8 Å². The first-order valence-electron chi connectivity index (χ1n) is 2.93. The Labute approximate surface area is 56.0 Å². The van der Waals surface area contributed by atoms with Crippen LogP contribution in [0.3, 0.4) is 0 Å². The van der Waals surface area contributed by atoms with Crippen molar-refractivity contribution in [1.82, 2.24) is 0 Å². The molecule has 1 atom stereocenters. The average molecular weight is 137 g/mol. The topological polar surface area (TPSA) is 9.23 Å². The van der Waals surface area contributed by atoms with Crippen LogP contribution in [0.4, 0.5) is 0 Å². The van der Waals surface area contributed by atoms with Crippen molar-refractivity contribution in [3.05, 3.63) is 0 Å². The summed E-state index contributed by atoms with van der Waals surface area (Å²) >= 11 is 5.47. The van der Waals surface area contributed by atoms with Gasteiger partial charge in [-0.25, -0.2) is 0 Å². The monoisotopic (exact) mass is 136 g/mol. The molecule has 0 rings (SSSR count). The summed E-state index contributed by atoms with van der Waals surface area (Å²) in [5.41, 5.74) is 0. The molecule has 0 spiro atoms. The van der Waals surface area contributed by atoms with Crippen molar-refractivity contribution in [3.63, 3.8) is 0 Å². The van der Waals surface area contributed by atoms with Crippen LogP contribution < -0.4 is 0 Å². The fourth-order valence-corrected chi connectivity index (χ4v) is 0.854. The normalized spacial score (nSPS) is 13.9. The highest BCUT2D eigenvalue weighted by molar-refractivity contribution is 6.17. The van der Waals surface area contributed by atoms with E-state index in [0.717, 1.165) is 12.8 Å². The summed E-state index contributed by atoms with van der Waals surface area (Å²) in [7, 11) is 1.72. The van der Waals surface area contributed by atoms with Crippen molar-refractivity contribution in [2.75, 3.05) is 13.0 Å². The van der Waals surface area contributed by atoms with Gasteiger partial charge in [-0.1, -0.05) is 6.92 Å². The summed E-state index contributed by atoms with van der Waals surface area (Å²) in [6.45, 7) is 2.10. The zero-order valence-corrected chi connectivity index (χ0v) is 6.24. The van der Waals surface area contributed by atoms with E-state index in [4.69, 9.17) is 16.3 Å². The second-order valence-corrected chi connectivity index (χ2v) is 2.12. The fourth-order valence-electron chi connectivity index (χ4n) is 0.610. The van der Waals surface area contributed by atoms with Crippen molar-refractivity contribution >= 4 is 11.6 Å². The Morgan fingerprint density at radius 3 is 2.38 bits per heavy atom. The summed E-state index contributed by atoms with van der Waals surface area (Å²) in [5, 5.41) is 0. The van der Waals surface area contributed by atoms with Gasteiger partial charge >= 0.3 is 0 Å². The Morgan fingerprint density at radius 2 is 2.25 bits per heavy atom. The van der Waals surface area contributed by atoms with Crippen LogP contribution in [-0.4, -0.2) is 19.1 Å². The molecule has 8 heavy (non-hydrogen) atoms. The first kappa shape index (κ1) is 8.25. The van der Waals surface area contributed by atoms with Gasteiger partial charge in [-0.2, -0.15) is 0 Å². The van der Waals surface area contributed by atoms with E-state index >= 15 is 0 Å². The van der Waals surface area contributed by atoms with Crippen molar-refractivity contribution in [3.8, 4) is 0 Å². The molecular formula is C6H13ClO. The third kappa shape index (κ3) is 3.28. The highest BCUT2D eigenvalue weighted by Crippen LogP contribution is 2.01. The maximum Gasteiger partial charge on any atom is 0.0580 e. The molecule has 0 aromatic rings. The molecule has 0 aliphatic heterocycles. The molecule has 0 bridgehead atoms. The summed E-state index contributed by atoms with van der Waals surface area (Å²) in [4.78, 5) is 0. The summed E-state index contributed by atoms with van der Waals surface area (Å²) < 4.78 is 5.06. The molecule has 50 valence electrons. The van der Waals surface area contributed by atoms with Crippen LogP contribution >= 0.6 is 11.6 Å². The molecule has 0 aliphatic carbocycles. The lowest BCUT2D eigenvalue weighted by atomic mass is 10.2. The predicted molar refractivity (Wildman–Crippen MR) is 36.4 cm³/mol. The van der Waals surface area contributed by atoms with Gasteiger partial charge in [0.25, 0.3) is 0 Å². The predicted octanol–water partition coefficient (Wildman–Crippen LogP) is 2.04. The minimum absolute atomic E-state index is 0.368. The van der Waals surface area contributed by atoms with Gasteiger partial charge in [0.2, 0.25) is 0 Å². The van der Waals surface area contributed by atoms with E-state index < -0.39 is 0 Å². The number of hydrogen-bond donors (Lipinski definition) is 0. The Balaban J connectivity index is 3.07. The number of alkyl halides is 1. The second-order valence-electron chi connectivity index (χ2n) is 1.74. The van der Waals surface area contributed by atoms with Gasteiger partial charge in [0.15, 0.2) is 0 Å². The summed E-state index contributed by atoms with van der Waals surface area (Å²) in [6.07, 6.45) is 2.39. The van der Waals surface area contributed by atoms with Crippen LogP contribution in [0.25, 0.3) is 0 Å². The number of methoxy groups -OCH3 is 1. The molecule has 0 fully saturated rings. The van der Waals surface area contributed by atoms with Gasteiger partial charge in [0.1, 0.15) is 0 Å². The number of rotatable bonds is 4. The Morgan fingerprint density at radius 1 is 1.62 bits per heavy atom. The Kier molecular flexibility index (Phi) is 5.56. The molecule has 0 saturated heterocycles. The van der Waals surface area contributed by atoms with Gasteiger partial charge in [0, 0.05) is 13.0 Å². The maximum atomic E-state index is 5.47. The van der Waals surface area contributed by atoms with Crippen molar-refractivity contribution in [2.45, 2.75) is 25.9 Å². The zero-order valence-electron chi connectivity index (χ0n) is 5.48. The third-order valence-corrected chi connectivity index (χ3v) is 1.44. The molecule has 0 saturated carbocycles. The highest BCUT2D eigenvalue weighted by atomic mass is 35.5. The van der Waals surface area contributed by atoms with E-state index in [1.165, 1.54) is 0 Å². The van der Waals surface area contributed by atoms with Gasteiger partial charge in [0.05, 0.1) is 6.10 Å². The van der Waals surface area contributed by atoms with Crippen LogP contribution in [0, 0.1) is 0 Å². The Hall–Kier alpha value is 0.250. The third-order valence-electron chi connectivity index (χ3n) is 1.22. The van der Waals surface area contributed by atoms with Crippen LogP contribution in [0.2, 0.25) is 0 Å². The molecule has 1 nitrogen and oxygen atoms in total. The minimum Gasteiger partial charge on any atom is -0.381 e. The van der Waals surface area contributed by atoms with Crippen LogP contribution in [-0.2, 0) is 4.74 Å². The maximum absolute atomic E-state index is 5.47. The van der Waals surface area contributed by atoms with Crippen LogP contribution in [0.15, 0.2) is 0 Å². The SMILES string of the molecule is CC[C@H](CCCl)OC. The summed E-state index contributed by atoms with van der Waals surface area (Å²) in [5.74, 6) is 0.701. The van der Waals surface area contributed by atoms with Crippen LogP contribution in [0.5, 0.6) is 0 Å². The molecule has 0 amide bonds. The first-order valence-corrected chi connectivity index (χ1v) is 3.47. The largest absolute Gasteiger partial charge is 0.381 e. The average Bonchev–Trinajstić information content (AvgIpc) is 1.83. The molecule has 0 unspecified atom stereocenters. The van der Waals surface area contributed by atoms with Crippen molar-refractivity contribution in [2.24, 2.45) is 0 Å². The molecule has 2 heteroatoms. The van der Waals surface area contributed by atoms with E-state index in [2.05, 4.69) is 6.92 Å². The van der Waals surface area contributed by atoms with E-state index in [1.54, 1.807) is 7.11 Å². The van der Waals surface area contributed by atoms with Crippen molar-refractivity contribution < 1.29 is 4.74 Å². The number of halogens is 1. The lowest BCUT2D eigenvalue weighted by Crippen LogP contribution is -2.08. The molecular weight excluding hydrogens is 124 g/mol. The quantitative estimate of drug-likeness (QED) is 0.538. The van der Waals surface area contributed by atoms with Gasteiger partial charge in [-0.15, -0.1) is 11.6 Å². The van der Waals surface area contributed by atoms with Gasteiger partial charge in [-0.3, -0.25) is 0 Å². The van der Waals surface area contributed by atoms with Gasteiger partial charge < -0.3 is 4.74 Å². The molecule has 0 radical (unpaired) electrons. The number of ether oxygens (including phenoxy) is 1. The van der Waals surface area contributed by atoms with Gasteiger partial charge in [-0.05, 0) is 12.8 Å². The van der Waals surface area contributed by atoms with E-state index in [-0.39, 0.29) is 0 Å². The summed E-state index contributed by atoms with van der Waals surface area (Å²) in [6, 6.07) is 0. The smallest absolute Gasteiger partial charge is 0.0580 e. The fraction of sp³-hybridized carbons (Fsp3) is 1.00. The van der Waals surface area contributed by atoms with E-state index in [0.29, 0.717) is 12.0 Å². The lowest BCUT2D eigenvalue weighted by Gasteiger charge is -2.08. The molecule has 0 aliphatic rings. The zero-order chi connectivity index (χ0) is 6.41. The first-order chi connectivity index (χ1) is 3.85. The second kappa shape index (κ2) is 5.39. The molecule has 0 aromatic carbocycles.